The van der Waals surface area contributed by atoms with Gasteiger partial charge in [-0.15, -0.1) is 0 Å². The van der Waals surface area contributed by atoms with E-state index in [0.717, 1.165) is 24.0 Å². The summed E-state index contributed by atoms with van der Waals surface area (Å²) >= 11 is 0. The van der Waals surface area contributed by atoms with Crippen LogP contribution < -0.4 is 0 Å². The molecule has 3 heterocycles. The molecule has 0 unspecified atom stereocenters. The van der Waals surface area contributed by atoms with Gasteiger partial charge >= 0.3 is 0 Å². The van der Waals surface area contributed by atoms with E-state index in [4.69, 9.17) is 14.1 Å². The summed E-state index contributed by atoms with van der Waals surface area (Å²) in [5.41, 5.74) is 3.07. The number of aromatic nitrogens is 1. The monoisotopic (exact) mass is 509 g/mol. The fourth-order valence-electron chi connectivity index (χ4n) is 4.91. The maximum atomic E-state index is 13.6. The second-order valence-electron chi connectivity index (χ2n) is 10.6. The van der Waals surface area contributed by atoms with Crippen molar-refractivity contribution in [2.24, 2.45) is 0 Å². The van der Waals surface area contributed by atoms with Gasteiger partial charge in [-0.05, 0) is 62.9 Å². The van der Waals surface area contributed by atoms with Crippen LogP contribution in [0.3, 0.4) is 0 Å². The number of ether oxygens (including phenoxy) is 1. The van der Waals surface area contributed by atoms with Crippen molar-refractivity contribution in [2.75, 3.05) is 33.4 Å². The molecule has 1 aliphatic heterocycles. The summed E-state index contributed by atoms with van der Waals surface area (Å²) in [6.07, 6.45) is 2.12. The number of nitrogens with zero attached hydrogens (tertiary/aromatic N) is 3. The number of hydrogen-bond donors (Lipinski definition) is 0. The van der Waals surface area contributed by atoms with Crippen molar-refractivity contribution in [3.05, 3.63) is 53.5 Å². The van der Waals surface area contributed by atoms with Crippen LogP contribution in [0.25, 0.3) is 22.4 Å². The van der Waals surface area contributed by atoms with E-state index in [9.17, 15) is 14.0 Å². The fourth-order valence-corrected chi connectivity index (χ4v) is 4.91. The van der Waals surface area contributed by atoms with Crippen LogP contribution in [-0.4, -0.2) is 65.5 Å². The molecule has 2 aromatic heterocycles. The van der Waals surface area contributed by atoms with Gasteiger partial charge in [0, 0.05) is 57.0 Å². The predicted molar refractivity (Wildman–Crippen MR) is 141 cm³/mol. The fraction of sp³-hybridized carbons (Fsp3) is 0.483. The highest BCUT2D eigenvalue weighted by Crippen LogP contribution is 2.33. The second kappa shape index (κ2) is 11.0. The maximum absolute atomic E-state index is 13.6. The average molecular weight is 510 g/mol. The molecule has 0 aliphatic carbocycles. The first-order chi connectivity index (χ1) is 17.6. The molecule has 37 heavy (non-hydrogen) atoms. The molecule has 0 N–H and O–H groups in total. The molecule has 1 aliphatic rings. The van der Waals surface area contributed by atoms with Gasteiger partial charge in [-0.3, -0.25) is 9.59 Å². The lowest BCUT2D eigenvalue weighted by Crippen LogP contribution is -2.62. The van der Waals surface area contributed by atoms with E-state index in [1.165, 1.54) is 12.1 Å². The molecule has 3 aromatic rings. The summed E-state index contributed by atoms with van der Waals surface area (Å²) in [4.78, 5) is 34.7. The molecule has 7 nitrogen and oxygen atoms in total. The molecule has 0 atom stereocenters. The number of pyridine rings is 1. The van der Waals surface area contributed by atoms with Crippen LogP contribution in [0.1, 0.15) is 69.0 Å². The Morgan fingerprint density at radius 2 is 1.86 bits per heavy atom. The van der Waals surface area contributed by atoms with Gasteiger partial charge in [-0.1, -0.05) is 13.8 Å². The first-order valence-electron chi connectivity index (χ1n) is 12.9. The summed E-state index contributed by atoms with van der Waals surface area (Å²) in [6, 6.07) is 9.85. The molecule has 0 radical (unpaired) electrons. The van der Waals surface area contributed by atoms with Crippen molar-refractivity contribution < 1.29 is 23.1 Å². The number of furan rings is 1. The molecule has 1 saturated heterocycles. The number of hydrogen-bond acceptors (Lipinski definition) is 5. The van der Waals surface area contributed by atoms with E-state index in [1.807, 2.05) is 24.8 Å². The van der Waals surface area contributed by atoms with Crippen LogP contribution in [0, 0.1) is 5.82 Å². The number of amides is 2. The van der Waals surface area contributed by atoms with Gasteiger partial charge in [0.05, 0.1) is 11.2 Å². The van der Waals surface area contributed by atoms with Crippen molar-refractivity contribution in [2.45, 2.75) is 58.4 Å². The zero-order valence-corrected chi connectivity index (χ0v) is 22.3. The molecule has 0 spiro atoms. The number of carbonyl (C=O) groups is 2. The number of piperazine rings is 1. The quantitative estimate of drug-likeness (QED) is 0.368. The number of rotatable bonds is 8. The van der Waals surface area contributed by atoms with E-state index in [-0.39, 0.29) is 29.3 Å². The molecule has 4 rings (SSSR count). The minimum atomic E-state index is -0.552. The van der Waals surface area contributed by atoms with E-state index in [2.05, 4.69) is 13.8 Å². The van der Waals surface area contributed by atoms with Crippen molar-refractivity contribution in [3.8, 4) is 11.3 Å². The van der Waals surface area contributed by atoms with Crippen LogP contribution in [0.15, 0.2) is 40.8 Å². The Labute approximate surface area is 217 Å². The highest BCUT2D eigenvalue weighted by Gasteiger charge is 2.39. The molecule has 198 valence electrons. The summed E-state index contributed by atoms with van der Waals surface area (Å²) in [7, 11) is 1.66. The Morgan fingerprint density at radius 1 is 1.14 bits per heavy atom. The lowest BCUT2D eigenvalue weighted by molar-refractivity contribution is -0.135. The zero-order valence-electron chi connectivity index (χ0n) is 22.3. The van der Waals surface area contributed by atoms with Crippen molar-refractivity contribution in [1.82, 2.24) is 14.8 Å². The van der Waals surface area contributed by atoms with Crippen molar-refractivity contribution in [3.63, 3.8) is 0 Å². The maximum Gasteiger partial charge on any atom is 0.290 e. The van der Waals surface area contributed by atoms with E-state index in [1.54, 1.807) is 30.2 Å². The molecule has 8 heteroatoms. The van der Waals surface area contributed by atoms with Gasteiger partial charge in [0.2, 0.25) is 5.91 Å². The minimum Gasteiger partial charge on any atom is -0.449 e. The number of methoxy groups -OCH3 is 1. The Bertz CT molecular complexity index is 1270. The van der Waals surface area contributed by atoms with Gasteiger partial charge in [-0.25, -0.2) is 9.37 Å². The van der Waals surface area contributed by atoms with Gasteiger partial charge in [0.15, 0.2) is 11.3 Å². The third kappa shape index (κ3) is 5.85. The smallest absolute Gasteiger partial charge is 0.290 e. The highest BCUT2D eigenvalue weighted by atomic mass is 19.1. The normalized spacial score (nSPS) is 15.5. The number of carbonyl (C=O) groups excluding carboxylic acids is 2. The largest absolute Gasteiger partial charge is 0.449 e. The lowest BCUT2D eigenvalue weighted by Gasteiger charge is -2.46. The van der Waals surface area contributed by atoms with E-state index in [0.29, 0.717) is 49.5 Å². The highest BCUT2D eigenvalue weighted by molar-refractivity contribution is 5.97. The molecule has 2 amide bonds. The van der Waals surface area contributed by atoms with Crippen LogP contribution >= 0.6 is 0 Å². The lowest BCUT2D eigenvalue weighted by atomic mass is 9.97. The molecule has 0 bridgehead atoms. The zero-order chi connectivity index (χ0) is 26.7. The van der Waals surface area contributed by atoms with E-state index < -0.39 is 5.54 Å². The third-order valence-corrected chi connectivity index (χ3v) is 6.97. The minimum absolute atomic E-state index is 0.110. The first-order valence-corrected chi connectivity index (χ1v) is 12.9. The van der Waals surface area contributed by atoms with Crippen LogP contribution in [0.4, 0.5) is 4.39 Å². The Hall–Kier alpha value is -3.26. The van der Waals surface area contributed by atoms with Gasteiger partial charge < -0.3 is 19.0 Å². The first kappa shape index (κ1) is 26.8. The number of halogens is 1. The second-order valence-corrected chi connectivity index (χ2v) is 10.6. The molecular formula is C29H36FN3O4. The Morgan fingerprint density at radius 3 is 2.51 bits per heavy atom. The van der Waals surface area contributed by atoms with Crippen molar-refractivity contribution >= 4 is 22.9 Å². The third-order valence-electron chi connectivity index (χ3n) is 6.97. The average Bonchev–Trinajstić information content (AvgIpc) is 3.29. The van der Waals surface area contributed by atoms with Crippen molar-refractivity contribution in [1.29, 1.82) is 0 Å². The molecule has 1 aromatic carbocycles. The molecule has 1 fully saturated rings. The van der Waals surface area contributed by atoms with Gasteiger partial charge in [0.25, 0.3) is 5.91 Å². The number of benzene rings is 1. The predicted octanol–water partition coefficient (Wildman–Crippen LogP) is 5.64. The number of fused-ring (bicyclic) bond motifs is 1. The Kier molecular flexibility index (Phi) is 7.97. The summed E-state index contributed by atoms with van der Waals surface area (Å²) in [5, 5.41) is 0. The summed E-state index contributed by atoms with van der Waals surface area (Å²) < 4.78 is 24.6. The summed E-state index contributed by atoms with van der Waals surface area (Å²) in [6.45, 7) is 10.1. The van der Waals surface area contributed by atoms with Gasteiger partial charge in [-0.2, -0.15) is 0 Å². The standard InChI is InChI=1S/C29H36FN3O4/c1-19(2)22-16-23(20-9-11-21(30)12-10-20)31-24-17-25(37-27(22)24)28(35)33-14-13-32(18-29(33,3)4)26(34)8-6-7-15-36-5/h9-12,16-17,19H,6-8,13-15,18H2,1-5H3. The topological polar surface area (TPSA) is 75.9 Å². The van der Waals surface area contributed by atoms with Crippen LogP contribution in [-0.2, 0) is 9.53 Å². The SMILES string of the molecule is COCCCCC(=O)N1CCN(C(=O)c2cc3nc(-c4ccc(F)cc4)cc(C(C)C)c3o2)C(C)(C)C1. The summed E-state index contributed by atoms with van der Waals surface area (Å²) in [5.74, 6) is -0.0466. The molecular weight excluding hydrogens is 473 g/mol. The molecule has 0 saturated carbocycles. The van der Waals surface area contributed by atoms with E-state index >= 15 is 0 Å². The Balaban J connectivity index is 1.56. The van der Waals surface area contributed by atoms with Crippen LogP contribution in [0.5, 0.6) is 0 Å². The van der Waals surface area contributed by atoms with Crippen LogP contribution in [0.2, 0.25) is 0 Å². The number of unbranched alkanes of at least 4 members (excludes halogenated alkanes) is 1. The van der Waals surface area contributed by atoms with Gasteiger partial charge in [0.1, 0.15) is 11.3 Å².